The second-order valence-corrected chi connectivity index (χ2v) is 12.7. The van der Waals surface area contributed by atoms with Gasteiger partial charge in [-0.3, -0.25) is 14.5 Å². The monoisotopic (exact) mass is 542 g/mol. The van der Waals surface area contributed by atoms with E-state index in [0.717, 1.165) is 16.7 Å². The summed E-state index contributed by atoms with van der Waals surface area (Å²) in [7, 11) is -3.50. The Balaban J connectivity index is 1.32. The third kappa shape index (κ3) is 5.95. The number of pyridine rings is 1. The van der Waals surface area contributed by atoms with Gasteiger partial charge in [-0.05, 0) is 80.8 Å². The molecule has 2 heterocycles. The number of fused-ring (bicyclic) bond motifs is 1. The summed E-state index contributed by atoms with van der Waals surface area (Å²) in [5.41, 5.74) is 6.52. The van der Waals surface area contributed by atoms with Crippen LogP contribution in [0, 0.1) is 6.92 Å². The number of hydrogen-bond acceptors (Lipinski definition) is 6. The predicted molar refractivity (Wildman–Crippen MR) is 151 cm³/mol. The van der Waals surface area contributed by atoms with Crippen molar-refractivity contribution in [1.29, 1.82) is 0 Å². The van der Waals surface area contributed by atoms with Gasteiger partial charge in [-0.15, -0.1) is 5.73 Å². The van der Waals surface area contributed by atoms with Crippen LogP contribution in [0.4, 0.5) is 5.69 Å². The Morgan fingerprint density at radius 2 is 1.92 bits per heavy atom. The van der Waals surface area contributed by atoms with Crippen molar-refractivity contribution in [3.63, 3.8) is 0 Å². The summed E-state index contributed by atoms with van der Waals surface area (Å²) in [5, 5.41) is 7.82. The number of nitrogens with zero attached hydrogens (tertiary/aromatic N) is 3. The number of aromatic nitrogens is 3. The highest BCUT2D eigenvalue weighted by atomic mass is 32.2. The Labute approximate surface area is 227 Å². The van der Waals surface area contributed by atoms with Gasteiger partial charge in [-0.25, -0.2) is 8.42 Å². The van der Waals surface area contributed by atoms with Crippen molar-refractivity contribution in [1.82, 2.24) is 14.8 Å². The normalized spacial score (nSPS) is 13.2. The Morgan fingerprint density at radius 3 is 2.59 bits per heavy atom. The minimum Gasteiger partial charge on any atom is -0.456 e. The fourth-order valence-corrected chi connectivity index (χ4v) is 5.64. The summed E-state index contributed by atoms with van der Waals surface area (Å²) in [4.78, 5) is 17.2. The minimum absolute atomic E-state index is 0.0431. The molecule has 0 aliphatic heterocycles. The van der Waals surface area contributed by atoms with Crippen molar-refractivity contribution in [3.05, 3.63) is 89.6 Å². The highest BCUT2D eigenvalue weighted by Crippen LogP contribution is 2.33. The van der Waals surface area contributed by atoms with E-state index in [1.165, 1.54) is 0 Å². The van der Waals surface area contributed by atoms with E-state index >= 15 is 0 Å². The molecule has 2 aromatic carbocycles. The van der Waals surface area contributed by atoms with Crippen LogP contribution in [-0.2, 0) is 26.6 Å². The molecule has 5 rings (SSSR count). The standard InChI is InChI=1S/C30H30N4O4S/c1-20-14-22(15-29(35)33-23-17-32-34(18-23)30(2,3)4)8-11-27(20)38-28-12-13-31-26-10-9-24(16-25(26)28)39(36,37)19-21-6-5-7-21/h5,8-14,16-18H,6,15,19H2,1-4H3,(H,33,35). The van der Waals surface area contributed by atoms with E-state index in [2.05, 4.69) is 21.1 Å². The second-order valence-electron chi connectivity index (χ2n) is 10.7. The van der Waals surface area contributed by atoms with Gasteiger partial charge in [0, 0.05) is 24.2 Å². The number of aryl methyl sites for hydroxylation is 1. The van der Waals surface area contributed by atoms with Crippen LogP contribution in [0.5, 0.6) is 11.5 Å². The first kappa shape index (κ1) is 26.4. The van der Waals surface area contributed by atoms with Crippen LogP contribution < -0.4 is 10.1 Å². The molecule has 2 aromatic heterocycles. The van der Waals surface area contributed by atoms with Gasteiger partial charge < -0.3 is 10.1 Å². The summed E-state index contributed by atoms with van der Waals surface area (Å²) >= 11 is 0. The van der Waals surface area contributed by atoms with Gasteiger partial charge in [0.25, 0.3) is 0 Å². The van der Waals surface area contributed by atoms with Crippen molar-refractivity contribution in [2.24, 2.45) is 0 Å². The molecule has 1 aliphatic carbocycles. The maximum Gasteiger partial charge on any atom is 0.228 e. The summed E-state index contributed by atoms with van der Waals surface area (Å²) in [6.45, 7) is 8.03. The number of amides is 1. The van der Waals surface area contributed by atoms with Crippen LogP contribution in [0.15, 0.2) is 83.3 Å². The zero-order valence-electron chi connectivity index (χ0n) is 22.4. The topological polar surface area (TPSA) is 103 Å². The van der Waals surface area contributed by atoms with E-state index in [1.807, 2.05) is 62.8 Å². The molecule has 0 atom stereocenters. The number of sulfone groups is 1. The molecule has 39 heavy (non-hydrogen) atoms. The minimum atomic E-state index is -3.50. The lowest BCUT2D eigenvalue weighted by Gasteiger charge is -2.18. The van der Waals surface area contributed by atoms with Crippen molar-refractivity contribution in [3.8, 4) is 11.5 Å². The number of hydrogen-bond donors (Lipinski definition) is 1. The second kappa shape index (κ2) is 10.2. The quantitative estimate of drug-likeness (QED) is 0.285. The zero-order valence-corrected chi connectivity index (χ0v) is 23.2. The zero-order chi connectivity index (χ0) is 27.8. The van der Waals surface area contributed by atoms with Gasteiger partial charge >= 0.3 is 0 Å². The Morgan fingerprint density at radius 1 is 1.13 bits per heavy atom. The summed E-state index contributed by atoms with van der Waals surface area (Å²) in [6.07, 6.45) is 7.77. The van der Waals surface area contributed by atoms with Crippen LogP contribution in [0.2, 0.25) is 0 Å². The summed E-state index contributed by atoms with van der Waals surface area (Å²) < 4.78 is 33.9. The number of anilines is 1. The molecule has 0 radical (unpaired) electrons. The number of nitrogens with one attached hydrogen (secondary N) is 1. The molecule has 0 saturated heterocycles. The lowest BCUT2D eigenvalue weighted by Crippen LogP contribution is -2.22. The Hall–Kier alpha value is -4.20. The van der Waals surface area contributed by atoms with E-state index in [9.17, 15) is 13.2 Å². The average molecular weight is 543 g/mol. The molecule has 8 nitrogen and oxygen atoms in total. The van der Waals surface area contributed by atoms with Gasteiger partial charge in [0.15, 0.2) is 9.84 Å². The maximum absolute atomic E-state index is 12.9. The van der Waals surface area contributed by atoms with Crippen LogP contribution in [-0.4, -0.2) is 34.8 Å². The molecule has 1 N–H and O–H groups in total. The number of benzene rings is 2. The number of ether oxygens (including phenoxy) is 1. The molecule has 0 fully saturated rings. The lowest BCUT2D eigenvalue weighted by atomic mass is 10.1. The van der Waals surface area contributed by atoms with E-state index in [4.69, 9.17) is 4.74 Å². The predicted octanol–water partition coefficient (Wildman–Crippen LogP) is 5.73. The third-order valence-corrected chi connectivity index (χ3v) is 8.13. The lowest BCUT2D eigenvalue weighted by molar-refractivity contribution is -0.115. The molecule has 0 bridgehead atoms. The largest absolute Gasteiger partial charge is 0.456 e. The number of rotatable bonds is 8. The van der Waals surface area contributed by atoms with Crippen molar-refractivity contribution >= 4 is 32.3 Å². The van der Waals surface area contributed by atoms with Crippen molar-refractivity contribution in [2.45, 2.75) is 51.0 Å². The molecule has 0 saturated carbocycles. The van der Waals surface area contributed by atoms with Gasteiger partial charge in [-0.1, -0.05) is 12.1 Å². The molecule has 9 heteroatoms. The smallest absolute Gasteiger partial charge is 0.228 e. The third-order valence-electron chi connectivity index (χ3n) is 6.43. The molecular weight excluding hydrogens is 512 g/mol. The van der Waals surface area contributed by atoms with Gasteiger partial charge in [-0.2, -0.15) is 5.10 Å². The highest BCUT2D eigenvalue weighted by Gasteiger charge is 2.20. The summed E-state index contributed by atoms with van der Waals surface area (Å²) in [6, 6.07) is 12.2. The van der Waals surface area contributed by atoms with Crippen LogP contribution >= 0.6 is 0 Å². The average Bonchev–Trinajstić information content (AvgIpc) is 3.32. The Kier molecular flexibility index (Phi) is 6.89. The number of carbonyl (C=O) groups excluding carboxylic acids is 1. The van der Waals surface area contributed by atoms with Crippen LogP contribution in [0.3, 0.4) is 0 Å². The molecule has 1 aliphatic rings. The molecule has 0 spiro atoms. The van der Waals surface area contributed by atoms with Crippen LogP contribution in [0.25, 0.3) is 10.9 Å². The fraction of sp³-hybridized carbons (Fsp3) is 0.267. The van der Waals surface area contributed by atoms with Crippen molar-refractivity contribution < 1.29 is 17.9 Å². The van der Waals surface area contributed by atoms with E-state index < -0.39 is 9.84 Å². The maximum atomic E-state index is 12.9. The molecule has 0 unspecified atom stereocenters. The molecular formula is C30H30N4O4S. The van der Waals surface area contributed by atoms with Gasteiger partial charge in [0.05, 0.1) is 40.0 Å². The first-order chi connectivity index (χ1) is 18.5. The first-order valence-corrected chi connectivity index (χ1v) is 14.3. The first-order valence-electron chi connectivity index (χ1n) is 12.6. The molecule has 4 aromatic rings. The van der Waals surface area contributed by atoms with Gasteiger partial charge in [0.2, 0.25) is 5.91 Å². The summed E-state index contributed by atoms with van der Waals surface area (Å²) in [5.74, 6) is 0.928. The molecule has 1 amide bonds. The van der Waals surface area contributed by atoms with E-state index in [-0.39, 0.29) is 28.5 Å². The number of carbonyl (C=O) groups is 1. The van der Waals surface area contributed by atoms with Crippen molar-refractivity contribution in [2.75, 3.05) is 11.1 Å². The van der Waals surface area contributed by atoms with Gasteiger partial charge in [0.1, 0.15) is 11.5 Å². The highest BCUT2D eigenvalue weighted by molar-refractivity contribution is 7.91. The van der Waals surface area contributed by atoms with E-state index in [1.54, 1.807) is 36.7 Å². The van der Waals surface area contributed by atoms with E-state index in [0.29, 0.717) is 34.5 Å². The SMILES string of the molecule is Cc1cc(CC(=O)Nc2cnn(C(C)(C)C)c2)ccc1Oc1ccnc2ccc(S(=O)(=O)CC3=C=CC3)cc12. The fourth-order valence-electron chi connectivity index (χ4n) is 4.24. The molecule has 200 valence electrons. The van der Waals surface area contributed by atoms with Crippen LogP contribution in [0.1, 0.15) is 38.3 Å². The Bertz CT molecular complexity index is 1760.